The van der Waals surface area contributed by atoms with Crippen molar-refractivity contribution in [3.63, 3.8) is 0 Å². The van der Waals surface area contributed by atoms with Gasteiger partial charge in [-0.05, 0) is 49.7 Å². The van der Waals surface area contributed by atoms with Gasteiger partial charge in [0.2, 0.25) is 0 Å². The number of rotatable bonds is 8. The van der Waals surface area contributed by atoms with E-state index < -0.39 is 17.8 Å². The van der Waals surface area contributed by atoms with Gasteiger partial charge < -0.3 is 15.4 Å². The van der Waals surface area contributed by atoms with Crippen LogP contribution in [0, 0.1) is 0 Å². The number of carbonyl (C=O) groups excluding carboxylic acids is 1. The SMILES string of the molecule is C[C@H](Oc1ccc(Br)cc1)C(=O)NCCCNc1ccc(C(F)(F)F)cn1. The van der Waals surface area contributed by atoms with Crippen LogP contribution >= 0.6 is 15.9 Å². The van der Waals surface area contributed by atoms with Crippen LogP contribution in [0.25, 0.3) is 0 Å². The summed E-state index contributed by atoms with van der Waals surface area (Å²) in [6.45, 7) is 2.52. The second kappa shape index (κ2) is 9.59. The van der Waals surface area contributed by atoms with Crippen molar-refractivity contribution in [3.05, 3.63) is 52.6 Å². The highest BCUT2D eigenvalue weighted by Crippen LogP contribution is 2.28. The molecule has 0 saturated heterocycles. The normalized spacial score (nSPS) is 12.3. The fourth-order valence-electron chi connectivity index (χ4n) is 2.10. The number of alkyl halides is 3. The molecule has 1 heterocycles. The average Bonchev–Trinajstić information content (AvgIpc) is 2.62. The number of amides is 1. The molecule has 0 saturated carbocycles. The van der Waals surface area contributed by atoms with Crippen molar-refractivity contribution in [2.24, 2.45) is 0 Å². The first kappa shape index (κ1) is 21.0. The zero-order valence-corrected chi connectivity index (χ0v) is 16.1. The summed E-state index contributed by atoms with van der Waals surface area (Å²) in [7, 11) is 0. The summed E-state index contributed by atoms with van der Waals surface area (Å²) < 4.78 is 43.8. The Morgan fingerprint density at radius 3 is 2.48 bits per heavy atom. The second-order valence-electron chi connectivity index (χ2n) is 5.72. The highest BCUT2D eigenvalue weighted by Gasteiger charge is 2.30. The highest BCUT2D eigenvalue weighted by molar-refractivity contribution is 9.10. The van der Waals surface area contributed by atoms with Crippen LogP contribution in [0.15, 0.2) is 47.1 Å². The molecule has 146 valence electrons. The first-order valence-electron chi connectivity index (χ1n) is 8.23. The molecule has 1 aromatic carbocycles. The first-order valence-corrected chi connectivity index (χ1v) is 9.02. The van der Waals surface area contributed by atoms with Crippen LogP contribution in [0.4, 0.5) is 19.0 Å². The summed E-state index contributed by atoms with van der Waals surface area (Å²) in [4.78, 5) is 15.7. The van der Waals surface area contributed by atoms with Gasteiger partial charge in [-0.15, -0.1) is 0 Å². The van der Waals surface area contributed by atoms with Gasteiger partial charge in [0.1, 0.15) is 11.6 Å². The number of ether oxygens (including phenoxy) is 1. The van der Waals surface area contributed by atoms with Crippen molar-refractivity contribution in [3.8, 4) is 5.75 Å². The third-order valence-corrected chi connectivity index (χ3v) is 4.07. The molecule has 0 unspecified atom stereocenters. The molecule has 2 aromatic rings. The molecule has 0 aliphatic rings. The Morgan fingerprint density at radius 1 is 1.19 bits per heavy atom. The molecule has 27 heavy (non-hydrogen) atoms. The number of hydrogen-bond donors (Lipinski definition) is 2. The maximum Gasteiger partial charge on any atom is 0.417 e. The lowest BCUT2D eigenvalue weighted by Gasteiger charge is -2.15. The lowest BCUT2D eigenvalue weighted by Crippen LogP contribution is -2.37. The average molecular weight is 446 g/mol. The third kappa shape index (κ3) is 7.09. The summed E-state index contributed by atoms with van der Waals surface area (Å²) in [6, 6.07) is 9.40. The molecule has 2 N–H and O–H groups in total. The van der Waals surface area contributed by atoms with E-state index in [1.54, 1.807) is 19.1 Å². The Bertz CT molecular complexity index is 737. The molecule has 0 aliphatic heterocycles. The van der Waals surface area contributed by atoms with Crippen molar-refractivity contribution in [2.45, 2.75) is 25.6 Å². The van der Waals surface area contributed by atoms with Crippen molar-refractivity contribution >= 4 is 27.7 Å². The molecule has 0 fully saturated rings. The molecular weight excluding hydrogens is 427 g/mol. The Hall–Kier alpha value is -2.29. The number of nitrogens with one attached hydrogen (secondary N) is 2. The van der Waals surface area contributed by atoms with Crippen LogP contribution in [-0.2, 0) is 11.0 Å². The smallest absolute Gasteiger partial charge is 0.417 e. The predicted molar refractivity (Wildman–Crippen MR) is 99.6 cm³/mol. The molecule has 1 amide bonds. The second-order valence-corrected chi connectivity index (χ2v) is 6.63. The largest absolute Gasteiger partial charge is 0.481 e. The minimum absolute atomic E-state index is 0.245. The fourth-order valence-corrected chi connectivity index (χ4v) is 2.36. The minimum Gasteiger partial charge on any atom is -0.481 e. The number of carbonyl (C=O) groups is 1. The molecule has 2 rings (SSSR count). The van der Waals surface area contributed by atoms with Gasteiger partial charge in [0.05, 0.1) is 5.56 Å². The Labute approximate surface area is 163 Å². The van der Waals surface area contributed by atoms with E-state index in [1.165, 1.54) is 6.07 Å². The highest BCUT2D eigenvalue weighted by atomic mass is 79.9. The van der Waals surface area contributed by atoms with Crippen molar-refractivity contribution in [2.75, 3.05) is 18.4 Å². The van der Waals surface area contributed by atoms with Crippen molar-refractivity contribution in [1.82, 2.24) is 10.3 Å². The Kier molecular flexibility index (Phi) is 7.46. The van der Waals surface area contributed by atoms with Gasteiger partial charge in [-0.3, -0.25) is 4.79 Å². The summed E-state index contributed by atoms with van der Waals surface area (Å²) in [5, 5.41) is 5.65. The van der Waals surface area contributed by atoms with Gasteiger partial charge >= 0.3 is 6.18 Å². The van der Waals surface area contributed by atoms with Gasteiger partial charge in [0, 0.05) is 23.8 Å². The van der Waals surface area contributed by atoms with E-state index >= 15 is 0 Å². The molecule has 1 atom stereocenters. The lowest BCUT2D eigenvalue weighted by atomic mass is 10.3. The minimum atomic E-state index is -4.40. The molecule has 1 aromatic heterocycles. The maximum absolute atomic E-state index is 12.5. The number of pyridine rings is 1. The molecule has 0 radical (unpaired) electrons. The van der Waals surface area contributed by atoms with Crippen LogP contribution in [-0.4, -0.2) is 30.1 Å². The number of nitrogens with zero attached hydrogens (tertiary/aromatic N) is 1. The van der Waals surface area contributed by atoms with E-state index in [0.717, 1.165) is 16.7 Å². The Balaban J connectivity index is 1.65. The van der Waals surface area contributed by atoms with Crippen molar-refractivity contribution in [1.29, 1.82) is 0 Å². The molecule has 0 spiro atoms. The van der Waals surface area contributed by atoms with E-state index in [4.69, 9.17) is 4.74 Å². The third-order valence-electron chi connectivity index (χ3n) is 3.55. The molecule has 0 aliphatic carbocycles. The van der Waals surface area contributed by atoms with Crippen LogP contribution < -0.4 is 15.4 Å². The van der Waals surface area contributed by atoms with Crippen LogP contribution in [0.5, 0.6) is 5.75 Å². The monoisotopic (exact) mass is 445 g/mol. The number of halogens is 4. The molecule has 0 bridgehead atoms. The zero-order valence-electron chi connectivity index (χ0n) is 14.5. The fraction of sp³-hybridized carbons (Fsp3) is 0.333. The maximum atomic E-state index is 12.5. The summed E-state index contributed by atoms with van der Waals surface area (Å²) in [5.74, 6) is 0.697. The van der Waals surface area contributed by atoms with Gasteiger partial charge in [0.15, 0.2) is 6.10 Å². The van der Waals surface area contributed by atoms with Crippen LogP contribution in [0.3, 0.4) is 0 Å². The predicted octanol–water partition coefficient (Wildman–Crippen LogP) is 4.25. The number of hydrogen-bond acceptors (Lipinski definition) is 4. The summed E-state index contributed by atoms with van der Waals surface area (Å²) >= 11 is 3.32. The van der Waals surface area contributed by atoms with Gasteiger partial charge in [-0.2, -0.15) is 13.2 Å². The standard InChI is InChI=1S/C18H19BrF3N3O2/c1-12(27-15-6-4-14(19)5-7-15)17(26)24-10-2-9-23-16-8-3-13(11-25-16)18(20,21)22/h3-8,11-12H,2,9-10H2,1H3,(H,23,25)(H,24,26)/t12-/m0/s1. The van der Waals surface area contributed by atoms with E-state index in [9.17, 15) is 18.0 Å². The van der Waals surface area contributed by atoms with E-state index in [-0.39, 0.29) is 5.91 Å². The van der Waals surface area contributed by atoms with Gasteiger partial charge in [-0.25, -0.2) is 4.98 Å². The van der Waals surface area contributed by atoms with Crippen molar-refractivity contribution < 1.29 is 22.7 Å². The van der Waals surface area contributed by atoms with E-state index in [1.807, 2.05) is 12.1 Å². The van der Waals surface area contributed by atoms with Crippen LogP contribution in [0.1, 0.15) is 18.9 Å². The van der Waals surface area contributed by atoms with Gasteiger partial charge in [-0.1, -0.05) is 15.9 Å². The number of anilines is 1. The first-order chi connectivity index (χ1) is 12.8. The lowest BCUT2D eigenvalue weighted by molar-refractivity contribution is -0.137. The Morgan fingerprint density at radius 2 is 1.89 bits per heavy atom. The molecule has 9 heteroatoms. The summed E-state index contributed by atoms with van der Waals surface area (Å²) in [5.41, 5.74) is -0.792. The van der Waals surface area contributed by atoms with Gasteiger partial charge in [0.25, 0.3) is 5.91 Å². The topological polar surface area (TPSA) is 63.2 Å². The van der Waals surface area contributed by atoms with E-state index in [2.05, 4.69) is 31.5 Å². The molecule has 5 nitrogen and oxygen atoms in total. The zero-order chi connectivity index (χ0) is 19.9. The molecular formula is C18H19BrF3N3O2. The van der Waals surface area contributed by atoms with E-state index in [0.29, 0.717) is 31.1 Å². The number of benzene rings is 1. The quantitative estimate of drug-likeness (QED) is 0.596. The number of aromatic nitrogens is 1. The van der Waals surface area contributed by atoms with Crippen LogP contribution in [0.2, 0.25) is 0 Å². The summed E-state index contributed by atoms with van der Waals surface area (Å²) in [6.07, 6.45) is -3.68.